The lowest BCUT2D eigenvalue weighted by Crippen LogP contribution is -2.43. The summed E-state index contributed by atoms with van der Waals surface area (Å²) in [6.07, 6.45) is 1.31. The van der Waals surface area contributed by atoms with Gasteiger partial charge in [-0.3, -0.25) is 4.84 Å². The minimum absolute atomic E-state index is 0.112. The van der Waals surface area contributed by atoms with Crippen LogP contribution in [0.3, 0.4) is 0 Å². The molecule has 4 nitrogen and oxygen atoms in total. The molecule has 1 aliphatic carbocycles. The van der Waals surface area contributed by atoms with E-state index in [0.29, 0.717) is 12.0 Å². The Hall–Kier alpha value is -1.39. The largest absolute Gasteiger partial charge is 0.389 e. The minimum atomic E-state index is 0.112. The standard InChI is InChI=1S/C12H12N2O2/c1-2-4-7(5-3-1)11-10-8-6-9(15-13-8)12(10)16-14-11/h1-5,8-10,12-13H,6H2/t8-,9+,10-,12-/m1/s1. The smallest absolute Gasteiger partial charge is 0.165 e. The van der Waals surface area contributed by atoms with Crippen LogP contribution in [0.2, 0.25) is 0 Å². The SMILES string of the molecule is c1ccc(C2=NO[C@H]3[C@@H]2[C@H]2C[C@@H]3ON2)cc1. The molecule has 1 saturated carbocycles. The summed E-state index contributed by atoms with van der Waals surface area (Å²) in [5.41, 5.74) is 5.29. The van der Waals surface area contributed by atoms with Gasteiger partial charge in [0.05, 0.1) is 11.6 Å². The normalized spacial score (nSPS) is 39.4. The van der Waals surface area contributed by atoms with Crippen LogP contribution in [-0.2, 0) is 9.68 Å². The van der Waals surface area contributed by atoms with Crippen LogP contribution in [0.1, 0.15) is 12.0 Å². The first-order valence-corrected chi connectivity index (χ1v) is 5.64. The summed E-state index contributed by atoms with van der Waals surface area (Å²) in [5, 5.41) is 4.23. The van der Waals surface area contributed by atoms with Crippen molar-refractivity contribution in [2.24, 2.45) is 11.1 Å². The maximum absolute atomic E-state index is 5.50. The zero-order valence-corrected chi connectivity index (χ0v) is 8.67. The Morgan fingerprint density at radius 3 is 3.00 bits per heavy atom. The number of nitrogens with zero attached hydrogens (tertiary/aromatic N) is 1. The van der Waals surface area contributed by atoms with Gasteiger partial charge < -0.3 is 4.84 Å². The predicted molar refractivity (Wildman–Crippen MR) is 57.8 cm³/mol. The number of fused-ring (bicyclic) bond motifs is 5. The van der Waals surface area contributed by atoms with E-state index in [1.807, 2.05) is 18.2 Å². The van der Waals surface area contributed by atoms with Crippen molar-refractivity contribution in [3.8, 4) is 0 Å². The molecule has 0 spiro atoms. The van der Waals surface area contributed by atoms with Gasteiger partial charge in [-0.05, 0) is 12.0 Å². The third kappa shape index (κ3) is 1.03. The van der Waals surface area contributed by atoms with Gasteiger partial charge in [0.25, 0.3) is 0 Å². The molecule has 2 fully saturated rings. The topological polar surface area (TPSA) is 42.9 Å². The van der Waals surface area contributed by atoms with Crippen molar-refractivity contribution in [3.63, 3.8) is 0 Å². The molecule has 2 heterocycles. The number of hydroxylamine groups is 1. The van der Waals surface area contributed by atoms with E-state index in [0.717, 1.165) is 17.7 Å². The quantitative estimate of drug-likeness (QED) is 0.764. The molecule has 0 aromatic heterocycles. The Kier molecular flexibility index (Phi) is 1.67. The Morgan fingerprint density at radius 1 is 1.25 bits per heavy atom. The van der Waals surface area contributed by atoms with Gasteiger partial charge >= 0.3 is 0 Å². The summed E-state index contributed by atoms with van der Waals surface area (Å²) in [5.74, 6) is 0.348. The van der Waals surface area contributed by atoms with E-state index in [1.165, 1.54) is 0 Å². The second kappa shape index (κ2) is 3.06. The van der Waals surface area contributed by atoms with Gasteiger partial charge in [-0.15, -0.1) is 0 Å². The molecular weight excluding hydrogens is 204 g/mol. The van der Waals surface area contributed by atoms with Gasteiger partial charge in [-0.1, -0.05) is 35.5 Å². The third-order valence-corrected chi connectivity index (χ3v) is 3.67. The van der Waals surface area contributed by atoms with Crippen LogP contribution < -0.4 is 5.48 Å². The second-order valence-corrected chi connectivity index (χ2v) is 4.55. The van der Waals surface area contributed by atoms with Crippen molar-refractivity contribution in [1.29, 1.82) is 0 Å². The molecule has 1 aromatic rings. The number of hydrogen-bond acceptors (Lipinski definition) is 4. The number of nitrogens with one attached hydrogen (secondary N) is 1. The van der Waals surface area contributed by atoms with Crippen molar-refractivity contribution >= 4 is 5.71 Å². The molecule has 4 rings (SSSR count). The van der Waals surface area contributed by atoms with Crippen LogP contribution in [0.4, 0.5) is 0 Å². The summed E-state index contributed by atoms with van der Waals surface area (Å²) in [6.45, 7) is 0. The van der Waals surface area contributed by atoms with Crippen LogP contribution in [0.5, 0.6) is 0 Å². The molecule has 0 unspecified atom stereocenters. The molecule has 82 valence electrons. The third-order valence-electron chi connectivity index (χ3n) is 3.67. The molecular formula is C12H12N2O2. The minimum Gasteiger partial charge on any atom is -0.389 e. The summed E-state index contributed by atoms with van der Waals surface area (Å²) in [6, 6.07) is 10.6. The molecule has 2 bridgehead atoms. The molecule has 2 aliphatic heterocycles. The summed E-state index contributed by atoms with van der Waals surface area (Å²) in [4.78, 5) is 10.9. The highest BCUT2D eigenvalue weighted by Crippen LogP contribution is 2.41. The lowest BCUT2D eigenvalue weighted by atomic mass is 9.91. The van der Waals surface area contributed by atoms with E-state index in [4.69, 9.17) is 9.68 Å². The van der Waals surface area contributed by atoms with E-state index < -0.39 is 0 Å². The summed E-state index contributed by atoms with van der Waals surface area (Å²) >= 11 is 0. The zero-order valence-electron chi connectivity index (χ0n) is 8.67. The van der Waals surface area contributed by atoms with Crippen molar-refractivity contribution in [2.75, 3.05) is 0 Å². The fraction of sp³-hybridized carbons (Fsp3) is 0.417. The zero-order chi connectivity index (χ0) is 10.5. The number of oxime groups is 1. The van der Waals surface area contributed by atoms with Crippen LogP contribution >= 0.6 is 0 Å². The Labute approximate surface area is 93.2 Å². The molecule has 1 aromatic carbocycles. The molecule has 4 heteroatoms. The average Bonchev–Trinajstić information content (AvgIpc) is 3.03. The van der Waals surface area contributed by atoms with Gasteiger partial charge in [-0.2, -0.15) is 5.48 Å². The molecule has 0 radical (unpaired) electrons. The Balaban J connectivity index is 1.72. The van der Waals surface area contributed by atoms with E-state index in [-0.39, 0.29) is 12.2 Å². The predicted octanol–water partition coefficient (Wildman–Crippen LogP) is 1.08. The summed E-state index contributed by atoms with van der Waals surface area (Å²) < 4.78 is 0. The Morgan fingerprint density at radius 2 is 2.12 bits per heavy atom. The first-order chi connectivity index (χ1) is 7.93. The number of hydrogen-bond donors (Lipinski definition) is 1. The van der Waals surface area contributed by atoms with Crippen molar-refractivity contribution in [1.82, 2.24) is 5.48 Å². The molecule has 16 heavy (non-hydrogen) atoms. The van der Waals surface area contributed by atoms with Crippen LogP contribution in [-0.4, -0.2) is 24.0 Å². The van der Waals surface area contributed by atoms with Crippen LogP contribution in [0.25, 0.3) is 0 Å². The van der Waals surface area contributed by atoms with Crippen molar-refractivity contribution in [2.45, 2.75) is 24.7 Å². The van der Waals surface area contributed by atoms with Crippen LogP contribution in [0, 0.1) is 5.92 Å². The lowest BCUT2D eigenvalue weighted by molar-refractivity contribution is -0.0998. The van der Waals surface area contributed by atoms with Gasteiger partial charge in [0, 0.05) is 6.04 Å². The highest BCUT2D eigenvalue weighted by atomic mass is 16.7. The molecule has 4 atom stereocenters. The lowest BCUT2D eigenvalue weighted by Gasteiger charge is -2.23. The monoisotopic (exact) mass is 216 g/mol. The molecule has 1 saturated heterocycles. The fourth-order valence-electron chi connectivity index (χ4n) is 2.91. The second-order valence-electron chi connectivity index (χ2n) is 4.55. The number of rotatable bonds is 1. The van der Waals surface area contributed by atoms with Gasteiger partial charge in [0.1, 0.15) is 6.10 Å². The van der Waals surface area contributed by atoms with Crippen LogP contribution in [0.15, 0.2) is 35.5 Å². The van der Waals surface area contributed by atoms with Crippen molar-refractivity contribution in [3.05, 3.63) is 35.9 Å². The fourth-order valence-corrected chi connectivity index (χ4v) is 2.91. The highest BCUT2D eigenvalue weighted by molar-refractivity contribution is 6.03. The Bertz CT molecular complexity index is 446. The highest BCUT2D eigenvalue weighted by Gasteiger charge is 2.56. The van der Waals surface area contributed by atoms with Gasteiger partial charge in [0.15, 0.2) is 6.10 Å². The first-order valence-electron chi connectivity index (χ1n) is 5.64. The van der Waals surface area contributed by atoms with E-state index >= 15 is 0 Å². The van der Waals surface area contributed by atoms with Gasteiger partial charge in [0.2, 0.25) is 0 Å². The van der Waals surface area contributed by atoms with E-state index in [2.05, 4.69) is 22.8 Å². The number of benzene rings is 1. The van der Waals surface area contributed by atoms with E-state index in [9.17, 15) is 0 Å². The van der Waals surface area contributed by atoms with Gasteiger partial charge in [-0.25, -0.2) is 0 Å². The molecule has 1 N–H and O–H groups in total. The maximum atomic E-state index is 5.50. The molecule has 0 amide bonds. The summed E-state index contributed by atoms with van der Waals surface area (Å²) in [7, 11) is 0. The van der Waals surface area contributed by atoms with Crippen molar-refractivity contribution < 1.29 is 9.68 Å². The first kappa shape index (κ1) is 8.73. The average molecular weight is 216 g/mol. The van der Waals surface area contributed by atoms with E-state index in [1.54, 1.807) is 0 Å². The maximum Gasteiger partial charge on any atom is 0.165 e. The molecule has 3 aliphatic rings.